The van der Waals surface area contributed by atoms with Gasteiger partial charge in [0, 0.05) is 37.8 Å². The molecule has 4 heteroatoms. The van der Waals surface area contributed by atoms with Crippen LogP contribution in [0.1, 0.15) is 46.7 Å². The highest BCUT2D eigenvalue weighted by Gasteiger charge is 2.31. The average Bonchev–Trinajstić information content (AvgIpc) is 2.74. The second kappa shape index (κ2) is 8.34. The van der Waals surface area contributed by atoms with Gasteiger partial charge in [0.2, 0.25) is 5.91 Å². The number of pyridine rings is 2. The molecule has 1 aliphatic rings. The van der Waals surface area contributed by atoms with Gasteiger partial charge in [-0.15, -0.1) is 0 Å². The monoisotopic (exact) mass is 371 g/mol. The number of aromatic nitrogens is 2. The summed E-state index contributed by atoms with van der Waals surface area (Å²) in [7, 11) is 0. The molecule has 0 bridgehead atoms. The van der Waals surface area contributed by atoms with Crippen molar-refractivity contribution in [1.82, 2.24) is 14.9 Å². The van der Waals surface area contributed by atoms with Gasteiger partial charge in [-0.1, -0.05) is 35.9 Å². The lowest BCUT2D eigenvalue weighted by Gasteiger charge is -2.38. The van der Waals surface area contributed by atoms with E-state index in [1.54, 1.807) is 12.4 Å². The number of rotatable bonds is 5. The number of amides is 1. The van der Waals surface area contributed by atoms with Gasteiger partial charge in [-0.25, -0.2) is 0 Å². The van der Waals surface area contributed by atoms with Gasteiger partial charge in [-0.2, -0.15) is 0 Å². The normalized spacial score (nSPS) is 15.9. The maximum absolute atomic E-state index is 13.1. The zero-order valence-corrected chi connectivity index (χ0v) is 16.2. The van der Waals surface area contributed by atoms with Crippen molar-refractivity contribution in [1.29, 1.82) is 0 Å². The number of hydrogen-bond acceptors (Lipinski definition) is 3. The number of carbonyl (C=O) groups is 1. The Kier molecular flexibility index (Phi) is 5.47. The Bertz CT molecular complexity index is 941. The molecule has 0 saturated carbocycles. The summed E-state index contributed by atoms with van der Waals surface area (Å²) in [5, 5.41) is 0. The van der Waals surface area contributed by atoms with Gasteiger partial charge in [0.1, 0.15) is 0 Å². The Morgan fingerprint density at radius 3 is 2.68 bits per heavy atom. The fraction of sp³-hybridized carbons (Fsp3) is 0.292. The molecule has 28 heavy (non-hydrogen) atoms. The van der Waals surface area contributed by atoms with Crippen molar-refractivity contribution >= 4 is 5.91 Å². The smallest absolute Gasteiger partial charge is 0.223 e. The molecule has 0 radical (unpaired) electrons. The van der Waals surface area contributed by atoms with Crippen LogP contribution in [-0.4, -0.2) is 27.3 Å². The number of hydrogen-bond donors (Lipinski definition) is 0. The number of aryl methyl sites for hydroxylation is 2. The van der Waals surface area contributed by atoms with Crippen LogP contribution < -0.4 is 0 Å². The summed E-state index contributed by atoms with van der Waals surface area (Å²) >= 11 is 0. The van der Waals surface area contributed by atoms with Crippen LogP contribution in [0.5, 0.6) is 0 Å². The highest BCUT2D eigenvalue weighted by Crippen LogP contribution is 2.35. The molecule has 4 rings (SSSR count). The van der Waals surface area contributed by atoms with Crippen LogP contribution in [-0.2, 0) is 17.6 Å². The molecule has 1 aromatic carbocycles. The molecule has 0 fully saturated rings. The van der Waals surface area contributed by atoms with Crippen LogP contribution in [0.4, 0.5) is 0 Å². The van der Waals surface area contributed by atoms with Crippen molar-refractivity contribution in [3.05, 3.63) is 95.1 Å². The molecule has 2 aromatic heterocycles. The topological polar surface area (TPSA) is 46.1 Å². The predicted molar refractivity (Wildman–Crippen MR) is 110 cm³/mol. The summed E-state index contributed by atoms with van der Waals surface area (Å²) in [4.78, 5) is 23.6. The van der Waals surface area contributed by atoms with Gasteiger partial charge in [-0.05, 0) is 60.6 Å². The van der Waals surface area contributed by atoms with Crippen molar-refractivity contribution in [3.63, 3.8) is 0 Å². The second-order valence-electron chi connectivity index (χ2n) is 7.44. The molecule has 1 unspecified atom stereocenters. The number of carbonyl (C=O) groups excluding carboxylic acids is 1. The summed E-state index contributed by atoms with van der Waals surface area (Å²) < 4.78 is 0. The van der Waals surface area contributed by atoms with Crippen LogP contribution in [0.25, 0.3) is 0 Å². The molecule has 1 atom stereocenters. The third kappa shape index (κ3) is 3.96. The Labute approximate surface area is 166 Å². The zero-order chi connectivity index (χ0) is 19.3. The first-order valence-electron chi connectivity index (χ1n) is 9.90. The Balaban J connectivity index is 1.55. The maximum atomic E-state index is 13.1. The molecule has 0 N–H and O–H groups in total. The third-order valence-electron chi connectivity index (χ3n) is 5.43. The van der Waals surface area contributed by atoms with Gasteiger partial charge < -0.3 is 4.90 Å². The van der Waals surface area contributed by atoms with E-state index in [2.05, 4.69) is 47.2 Å². The Hall–Kier alpha value is -3.01. The van der Waals surface area contributed by atoms with Gasteiger partial charge >= 0.3 is 0 Å². The van der Waals surface area contributed by atoms with Gasteiger partial charge in [0.25, 0.3) is 0 Å². The molecular weight excluding hydrogens is 346 g/mol. The average molecular weight is 371 g/mol. The van der Waals surface area contributed by atoms with Crippen molar-refractivity contribution < 1.29 is 4.79 Å². The van der Waals surface area contributed by atoms with Crippen molar-refractivity contribution in [2.75, 3.05) is 6.54 Å². The molecule has 0 spiro atoms. The van der Waals surface area contributed by atoms with E-state index in [1.807, 2.05) is 29.4 Å². The molecule has 1 aliphatic heterocycles. The molecule has 0 aliphatic carbocycles. The molecule has 3 aromatic rings. The minimum Gasteiger partial charge on any atom is -0.331 e. The standard InChI is InChI=1S/C24H25N3O/c1-18-9-10-22-20(15-18)11-14-27(24(22)21-7-4-13-26-17-21)23(28)8-2-5-19-6-3-12-25-16-19/h3-4,6-7,9-10,12-13,15-17,24H,2,5,8,11,14H2,1H3. The fourth-order valence-corrected chi connectivity index (χ4v) is 4.05. The lowest BCUT2D eigenvalue weighted by Crippen LogP contribution is -2.40. The van der Waals surface area contributed by atoms with Crippen molar-refractivity contribution in [3.8, 4) is 0 Å². The quantitative estimate of drug-likeness (QED) is 0.672. The molecule has 1 amide bonds. The molecule has 4 nitrogen and oxygen atoms in total. The van der Waals surface area contributed by atoms with Gasteiger partial charge in [0.05, 0.1) is 6.04 Å². The van der Waals surface area contributed by atoms with Crippen LogP contribution in [0, 0.1) is 6.92 Å². The van der Waals surface area contributed by atoms with E-state index in [-0.39, 0.29) is 11.9 Å². The third-order valence-corrected chi connectivity index (χ3v) is 5.43. The second-order valence-corrected chi connectivity index (χ2v) is 7.44. The number of benzene rings is 1. The first kappa shape index (κ1) is 18.4. The Morgan fingerprint density at radius 1 is 1.11 bits per heavy atom. The lowest BCUT2D eigenvalue weighted by molar-refractivity contribution is -0.133. The van der Waals surface area contributed by atoms with Crippen molar-refractivity contribution in [2.45, 2.75) is 38.6 Å². The first-order valence-corrected chi connectivity index (χ1v) is 9.90. The number of fused-ring (bicyclic) bond motifs is 1. The van der Waals surface area contributed by atoms with E-state index < -0.39 is 0 Å². The summed E-state index contributed by atoms with van der Waals surface area (Å²) in [6.07, 6.45) is 10.5. The Morgan fingerprint density at radius 2 is 1.93 bits per heavy atom. The highest BCUT2D eigenvalue weighted by atomic mass is 16.2. The summed E-state index contributed by atoms with van der Waals surface area (Å²) in [6, 6.07) is 14.5. The van der Waals surface area contributed by atoms with Crippen LogP contribution in [0.3, 0.4) is 0 Å². The van der Waals surface area contributed by atoms with Gasteiger partial charge in [0.15, 0.2) is 0 Å². The summed E-state index contributed by atoms with van der Waals surface area (Å²) in [6.45, 7) is 2.87. The zero-order valence-electron chi connectivity index (χ0n) is 16.2. The van der Waals surface area contributed by atoms with Crippen LogP contribution in [0.2, 0.25) is 0 Å². The summed E-state index contributed by atoms with van der Waals surface area (Å²) in [5.41, 5.74) is 6.09. The molecule has 142 valence electrons. The molecular formula is C24H25N3O. The van der Waals surface area contributed by atoms with E-state index in [4.69, 9.17) is 0 Å². The SMILES string of the molecule is Cc1ccc2c(c1)CCN(C(=O)CCCc1cccnc1)C2c1cccnc1. The van der Waals surface area contributed by atoms with Crippen molar-refractivity contribution in [2.24, 2.45) is 0 Å². The predicted octanol–water partition coefficient (Wildman–Crippen LogP) is 4.28. The largest absolute Gasteiger partial charge is 0.331 e. The van der Waals surface area contributed by atoms with E-state index in [9.17, 15) is 4.79 Å². The molecule has 3 heterocycles. The highest BCUT2D eigenvalue weighted by molar-refractivity contribution is 5.77. The first-order chi connectivity index (χ1) is 13.7. The summed E-state index contributed by atoms with van der Waals surface area (Å²) in [5.74, 6) is 0.212. The molecule has 0 saturated heterocycles. The minimum atomic E-state index is -0.0519. The van der Waals surface area contributed by atoms with E-state index in [1.165, 1.54) is 22.3 Å². The van der Waals surface area contributed by atoms with Crippen LogP contribution >= 0.6 is 0 Å². The van der Waals surface area contributed by atoms with Crippen LogP contribution in [0.15, 0.2) is 67.3 Å². The fourth-order valence-electron chi connectivity index (χ4n) is 4.05. The lowest BCUT2D eigenvalue weighted by atomic mass is 9.87. The van der Waals surface area contributed by atoms with E-state index >= 15 is 0 Å². The van der Waals surface area contributed by atoms with E-state index in [0.717, 1.165) is 31.4 Å². The minimum absolute atomic E-state index is 0.0519. The van der Waals surface area contributed by atoms with E-state index in [0.29, 0.717) is 6.42 Å². The van der Waals surface area contributed by atoms with Gasteiger partial charge in [-0.3, -0.25) is 14.8 Å². The maximum Gasteiger partial charge on any atom is 0.223 e. The number of nitrogens with zero attached hydrogens (tertiary/aromatic N) is 3.